The third-order valence-corrected chi connectivity index (χ3v) is 2.24. The highest BCUT2D eigenvalue weighted by atomic mass is 35.5. The molecule has 2 rings (SSSR count). The minimum absolute atomic E-state index is 0.137. The van der Waals surface area contributed by atoms with Crippen LogP contribution in [0.2, 0.25) is 5.15 Å². The zero-order valence-electron chi connectivity index (χ0n) is 8.52. The van der Waals surface area contributed by atoms with Gasteiger partial charge in [-0.05, 0) is 24.3 Å². The van der Waals surface area contributed by atoms with Gasteiger partial charge in [0.2, 0.25) is 0 Å². The average molecular weight is 249 g/mol. The number of nitrogens with zero attached hydrogens (tertiary/aromatic N) is 2. The Labute approximate surface area is 102 Å². The van der Waals surface area contributed by atoms with Crippen LogP contribution in [0.25, 0.3) is 0 Å². The Morgan fingerprint density at radius 2 is 2.12 bits per heavy atom. The fourth-order valence-electron chi connectivity index (χ4n) is 1.25. The molecule has 0 aliphatic carbocycles. The van der Waals surface area contributed by atoms with Gasteiger partial charge in [0, 0.05) is 0 Å². The van der Waals surface area contributed by atoms with Crippen LogP contribution in [0.4, 0.5) is 4.39 Å². The Kier molecular flexibility index (Phi) is 3.22. The predicted octanol–water partition coefficient (Wildman–Crippen LogP) is 3.54. The van der Waals surface area contributed by atoms with E-state index in [-0.39, 0.29) is 11.3 Å². The molecule has 2 aromatic rings. The maximum atomic E-state index is 13.3. The quantitative estimate of drug-likeness (QED) is 0.764. The Morgan fingerprint density at radius 1 is 1.29 bits per heavy atom. The van der Waals surface area contributed by atoms with Crippen molar-refractivity contribution in [3.8, 4) is 17.6 Å². The Bertz CT molecular complexity index is 578. The van der Waals surface area contributed by atoms with Gasteiger partial charge in [0.15, 0.2) is 0 Å². The third kappa shape index (κ3) is 2.52. The minimum atomic E-state index is -0.619. The van der Waals surface area contributed by atoms with E-state index in [1.165, 1.54) is 24.4 Å². The first-order chi connectivity index (χ1) is 8.20. The van der Waals surface area contributed by atoms with Gasteiger partial charge in [-0.25, -0.2) is 9.37 Å². The topological polar surface area (TPSA) is 45.9 Å². The second-order valence-electron chi connectivity index (χ2n) is 3.14. The first-order valence-corrected chi connectivity index (χ1v) is 5.06. The summed E-state index contributed by atoms with van der Waals surface area (Å²) >= 11 is 5.62. The molecular formula is C12H6ClFN2O. The first kappa shape index (κ1) is 11.4. The molecule has 1 aromatic carbocycles. The molecule has 3 nitrogen and oxygen atoms in total. The van der Waals surface area contributed by atoms with Crippen LogP contribution in [-0.4, -0.2) is 4.98 Å². The number of aromatic nitrogens is 1. The van der Waals surface area contributed by atoms with Gasteiger partial charge in [-0.2, -0.15) is 5.26 Å². The SMILES string of the molecule is N#Cc1c(F)cccc1Oc1ccc(Cl)nc1. The lowest BCUT2D eigenvalue weighted by Crippen LogP contribution is -1.91. The summed E-state index contributed by atoms with van der Waals surface area (Å²) in [5.41, 5.74) is -0.137. The number of nitriles is 1. The minimum Gasteiger partial charge on any atom is -0.454 e. The molecule has 0 radical (unpaired) electrons. The van der Waals surface area contributed by atoms with Crippen molar-refractivity contribution in [2.75, 3.05) is 0 Å². The highest BCUT2D eigenvalue weighted by molar-refractivity contribution is 6.29. The molecule has 0 unspecified atom stereocenters. The Morgan fingerprint density at radius 3 is 2.76 bits per heavy atom. The highest BCUT2D eigenvalue weighted by Crippen LogP contribution is 2.26. The van der Waals surface area contributed by atoms with E-state index in [1.807, 2.05) is 0 Å². The average Bonchev–Trinajstić information content (AvgIpc) is 2.32. The number of benzene rings is 1. The van der Waals surface area contributed by atoms with E-state index in [1.54, 1.807) is 18.2 Å². The molecule has 0 saturated carbocycles. The number of rotatable bonds is 2. The molecule has 1 aromatic heterocycles. The molecule has 84 valence electrons. The van der Waals surface area contributed by atoms with Crippen LogP contribution in [0.3, 0.4) is 0 Å². The summed E-state index contributed by atoms with van der Waals surface area (Å²) in [6.45, 7) is 0. The number of halogens is 2. The molecule has 0 amide bonds. The lowest BCUT2D eigenvalue weighted by atomic mass is 10.2. The second kappa shape index (κ2) is 4.81. The van der Waals surface area contributed by atoms with E-state index in [9.17, 15) is 4.39 Å². The molecule has 0 aliphatic rings. The lowest BCUT2D eigenvalue weighted by Gasteiger charge is -2.06. The monoisotopic (exact) mass is 248 g/mol. The molecule has 0 saturated heterocycles. The van der Waals surface area contributed by atoms with E-state index in [0.29, 0.717) is 10.9 Å². The largest absolute Gasteiger partial charge is 0.454 e. The van der Waals surface area contributed by atoms with E-state index >= 15 is 0 Å². The molecule has 0 N–H and O–H groups in total. The maximum Gasteiger partial charge on any atom is 0.148 e. The summed E-state index contributed by atoms with van der Waals surface area (Å²) in [6.07, 6.45) is 1.40. The summed E-state index contributed by atoms with van der Waals surface area (Å²) in [5, 5.41) is 9.15. The zero-order chi connectivity index (χ0) is 12.3. The van der Waals surface area contributed by atoms with Gasteiger partial charge >= 0.3 is 0 Å². The van der Waals surface area contributed by atoms with Crippen LogP contribution < -0.4 is 4.74 Å². The Hall–Kier alpha value is -2.12. The maximum absolute atomic E-state index is 13.3. The molecule has 0 fully saturated rings. The summed E-state index contributed by atoms with van der Waals surface area (Å²) in [5.74, 6) is -0.0833. The van der Waals surface area contributed by atoms with Crippen molar-refractivity contribution in [3.05, 3.63) is 53.1 Å². The summed E-state index contributed by atoms with van der Waals surface area (Å²) in [4.78, 5) is 3.82. The van der Waals surface area contributed by atoms with E-state index < -0.39 is 5.82 Å². The van der Waals surface area contributed by atoms with Crippen LogP contribution in [0.1, 0.15) is 5.56 Å². The van der Waals surface area contributed by atoms with E-state index in [4.69, 9.17) is 21.6 Å². The number of pyridine rings is 1. The third-order valence-electron chi connectivity index (χ3n) is 2.02. The van der Waals surface area contributed by atoms with Crippen molar-refractivity contribution in [2.45, 2.75) is 0 Å². The normalized spacial score (nSPS) is 9.71. The zero-order valence-corrected chi connectivity index (χ0v) is 9.28. The number of ether oxygens (including phenoxy) is 1. The van der Waals surface area contributed by atoms with Crippen molar-refractivity contribution in [3.63, 3.8) is 0 Å². The van der Waals surface area contributed by atoms with Crippen molar-refractivity contribution in [1.29, 1.82) is 5.26 Å². The first-order valence-electron chi connectivity index (χ1n) is 4.69. The fraction of sp³-hybridized carbons (Fsp3) is 0. The van der Waals surface area contributed by atoms with Gasteiger partial charge in [-0.3, -0.25) is 0 Å². The molecule has 17 heavy (non-hydrogen) atoms. The van der Waals surface area contributed by atoms with Crippen LogP contribution in [-0.2, 0) is 0 Å². The highest BCUT2D eigenvalue weighted by Gasteiger charge is 2.09. The van der Waals surface area contributed by atoms with Gasteiger partial charge in [0.25, 0.3) is 0 Å². The van der Waals surface area contributed by atoms with Gasteiger partial charge < -0.3 is 4.74 Å². The fourth-order valence-corrected chi connectivity index (χ4v) is 1.36. The van der Waals surface area contributed by atoms with Crippen LogP contribution in [0.15, 0.2) is 36.5 Å². The predicted molar refractivity (Wildman–Crippen MR) is 60.4 cm³/mol. The smallest absolute Gasteiger partial charge is 0.148 e. The standard InChI is InChI=1S/C12H6ClFN2O/c13-12-5-4-8(7-16-12)17-11-3-1-2-10(14)9(11)6-15/h1-5,7H. The molecule has 0 spiro atoms. The summed E-state index contributed by atoms with van der Waals surface area (Å²) < 4.78 is 18.6. The Balaban J connectivity index is 2.34. The number of hydrogen-bond donors (Lipinski definition) is 0. The molecule has 0 aliphatic heterocycles. The van der Waals surface area contributed by atoms with Crippen molar-refractivity contribution >= 4 is 11.6 Å². The van der Waals surface area contributed by atoms with Crippen molar-refractivity contribution < 1.29 is 9.13 Å². The molecular weight excluding hydrogens is 243 g/mol. The molecule has 0 bridgehead atoms. The number of hydrogen-bond acceptors (Lipinski definition) is 3. The van der Waals surface area contributed by atoms with Gasteiger partial charge in [-0.1, -0.05) is 17.7 Å². The van der Waals surface area contributed by atoms with E-state index in [2.05, 4.69) is 4.98 Å². The second-order valence-corrected chi connectivity index (χ2v) is 3.53. The summed E-state index contributed by atoms with van der Waals surface area (Å²) in [6, 6.07) is 9.05. The van der Waals surface area contributed by atoms with Crippen molar-refractivity contribution in [1.82, 2.24) is 4.98 Å². The van der Waals surface area contributed by atoms with Gasteiger partial charge in [0.1, 0.15) is 34.1 Å². The van der Waals surface area contributed by atoms with Gasteiger partial charge in [-0.15, -0.1) is 0 Å². The van der Waals surface area contributed by atoms with Crippen LogP contribution in [0, 0.1) is 17.1 Å². The summed E-state index contributed by atoms with van der Waals surface area (Å²) in [7, 11) is 0. The van der Waals surface area contributed by atoms with Gasteiger partial charge in [0.05, 0.1) is 6.20 Å². The van der Waals surface area contributed by atoms with Crippen LogP contribution in [0.5, 0.6) is 11.5 Å². The molecule has 5 heteroatoms. The van der Waals surface area contributed by atoms with Crippen molar-refractivity contribution in [2.24, 2.45) is 0 Å². The van der Waals surface area contributed by atoms with Crippen LogP contribution >= 0.6 is 11.6 Å². The van der Waals surface area contributed by atoms with E-state index in [0.717, 1.165) is 0 Å². The molecule has 1 heterocycles. The lowest BCUT2D eigenvalue weighted by molar-refractivity contribution is 0.472. The molecule has 0 atom stereocenters.